The summed E-state index contributed by atoms with van der Waals surface area (Å²) in [4.78, 5) is 15.2. The third-order valence-corrected chi connectivity index (χ3v) is 8.18. The van der Waals surface area contributed by atoms with Gasteiger partial charge in [0.25, 0.3) is 15.9 Å². The number of sulfonamides is 1. The van der Waals surface area contributed by atoms with Gasteiger partial charge in [-0.2, -0.15) is 9.40 Å². The molecule has 3 aromatic rings. The number of hydrogen-bond acceptors (Lipinski definition) is 5. The number of piperazine rings is 1. The fourth-order valence-electron chi connectivity index (χ4n) is 4.12. The molecule has 0 atom stereocenters. The van der Waals surface area contributed by atoms with E-state index in [2.05, 4.69) is 41.3 Å². The minimum atomic E-state index is -3.94. The number of benzene rings is 2. The highest BCUT2D eigenvalue weighted by molar-refractivity contribution is 7.89. The lowest BCUT2D eigenvalue weighted by molar-refractivity contribution is 0.102. The average Bonchev–Trinajstić information content (AvgIpc) is 3.28. The Bertz CT molecular complexity index is 1290. The van der Waals surface area contributed by atoms with Crippen LogP contribution in [0.3, 0.4) is 0 Å². The van der Waals surface area contributed by atoms with Crippen molar-refractivity contribution in [2.24, 2.45) is 0 Å². The number of aromatic nitrogens is 2. The monoisotopic (exact) mass is 481 g/mol. The number of aryl methyl sites for hydroxylation is 3. The number of carbonyl (C=O) groups excluding carboxylic acids is 1. The molecule has 1 saturated heterocycles. The minimum absolute atomic E-state index is 0.0550. The summed E-state index contributed by atoms with van der Waals surface area (Å²) in [6.45, 7) is 10.2. The molecule has 1 N–H and O–H groups in total. The molecule has 1 aliphatic heterocycles. The zero-order valence-corrected chi connectivity index (χ0v) is 20.9. The molecule has 0 unspecified atom stereocenters. The van der Waals surface area contributed by atoms with E-state index in [1.807, 2.05) is 32.0 Å². The summed E-state index contributed by atoms with van der Waals surface area (Å²) >= 11 is 0. The predicted molar refractivity (Wildman–Crippen MR) is 134 cm³/mol. The molecule has 34 heavy (non-hydrogen) atoms. The molecule has 4 rings (SSSR count). The second-order valence-corrected chi connectivity index (χ2v) is 10.5. The van der Waals surface area contributed by atoms with E-state index < -0.39 is 15.9 Å². The highest BCUT2D eigenvalue weighted by Gasteiger charge is 2.35. The van der Waals surface area contributed by atoms with E-state index in [-0.39, 0.29) is 10.6 Å². The summed E-state index contributed by atoms with van der Waals surface area (Å²) in [5, 5.41) is 6.87. The maximum absolute atomic E-state index is 13.6. The number of carbonyl (C=O) groups is 1. The molecule has 9 heteroatoms. The topological polar surface area (TPSA) is 87.5 Å². The van der Waals surface area contributed by atoms with Crippen molar-refractivity contribution in [2.75, 3.05) is 36.4 Å². The Morgan fingerprint density at radius 3 is 2.32 bits per heavy atom. The summed E-state index contributed by atoms with van der Waals surface area (Å²) in [5.41, 5.74) is 5.27. The molecule has 1 amide bonds. The van der Waals surface area contributed by atoms with Crippen molar-refractivity contribution in [2.45, 2.75) is 39.3 Å². The number of anilines is 2. The van der Waals surface area contributed by atoms with Crippen molar-refractivity contribution in [3.05, 3.63) is 70.9 Å². The van der Waals surface area contributed by atoms with E-state index in [0.29, 0.717) is 38.4 Å². The molecule has 0 aliphatic carbocycles. The van der Waals surface area contributed by atoms with Crippen molar-refractivity contribution < 1.29 is 13.2 Å². The molecule has 8 nitrogen and oxygen atoms in total. The molecule has 2 heterocycles. The van der Waals surface area contributed by atoms with Crippen LogP contribution in [0.15, 0.2) is 53.7 Å². The number of nitrogens with zero attached hydrogens (tertiary/aromatic N) is 4. The van der Waals surface area contributed by atoms with Gasteiger partial charge in [0.1, 0.15) is 0 Å². The Hall–Kier alpha value is -3.17. The lowest BCUT2D eigenvalue weighted by Crippen LogP contribution is -2.49. The van der Waals surface area contributed by atoms with Gasteiger partial charge >= 0.3 is 0 Å². The van der Waals surface area contributed by atoms with Crippen LogP contribution in [0.2, 0.25) is 0 Å². The van der Waals surface area contributed by atoms with Crippen LogP contribution in [-0.4, -0.2) is 54.6 Å². The van der Waals surface area contributed by atoms with E-state index in [1.165, 1.54) is 26.3 Å². The Kier molecular flexibility index (Phi) is 6.77. The van der Waals surface area contributed by atoms with Crippen LogP contribution in [0, 0.1) is 20.8 Å². The fraction of sp³-hybridized carbons (Fsp3) is 0.360. The van der Waals surface area contributed by atoms with Gasteiger partial charge in [-0.15, -0.1) is 0 Å². The number of hydrogen-bond donors (Lipinski definition) is 1. The van der Waals surface area contributed by atoms with Gasteiger partial charge in [-0.25, -0.2) is 8.42 Å². The molecule has 1 aliphatic rings. The van der Waals surface area contributed by atoms with Crippen LogP contribution in [-0.2, 0) is 16.6 Å². The molecule has 1 fully saturated rings. The maximum Gasteiger partial charge on any atom is 0.263 e. The lowest BCUT2D eigenvalue weighted by atomic mass is 10.1. The van der Waals surface area contributed by atoms with Crippen LogP contribution < -0.4 is 10.2 Å². The van der Waals surface area contributed by atoms with Crippen LogP contribution >= 0.6 is 0 Å². The van der Waals surface area contributed by atoms with Gasteiger partial charge in [0.05, 0.1) is 5.56 Å². The number of rotatable bonds is 6. The Morgan fingerprint density at radius 2 is 1.68 bits per heavy atom. The van der Waals surface area contributed by atoms with Gasteiger partial charge in [0.15, 0.2) is 0 Å². The number of amides is 1. The lowest BCUT2D eigenvalue weighted by Gasteiger charge is -2.36. The third-order valence-electron chi connectivity index (χ3n) is 6.35. The molecule has 1 aromatic heterocycles. The van der Waals surface area contributed by atoms with E-state index >= 15 is 0 Å². The van der Waals surface area contributed by atoms with E-state index in [4.69, 9.17) is 0 Å². The molecular weight excluding hydrogens is 450 g/mol. The third kappa shape index (κ3) is 4.71. The van der Waals surface area contributed by atoms with Crippen molar-refractivity contribution in [3.63, 3.8) is 0 Å². The molecule has 2 aromatic carbocycles. The van der Waals surface area contributed by atoms with Crippen LogP contribution in [0.4, 0.5) is 11.4 Å². The molecule has 0 spiro atoms. The van der Waals surface area contributed by atoms with Crippen molar-refractivity contribution >= 4 is 27.3 Å². The minimum Gasteiger partial charge on any atom is -0.369 e. The Morgan fingerprint density at radius 1 is 1.00 bits per heavy atom. The Balaban J connectivity index is 1.55. The predicted octanol–water partition coefficient (Wildman–Crippen LogP) is 3.59. The second kappa shape index (κ2) is 9.60. The van der Waals surface area contributed by atoms with Gasteiger partial charge < -0.3 is 10.2 Å². The first kappa shape index (κ1) is 24.0. The van der Waals surface area contributed by atoms with Gasteiger partial charge in [0, 0.05) is 50.3 Å². The summed E-state index contributed by atoms with van der Waals surface area (Å²) < 4.78 is 30.0. The van der Waals surface area contributed by atoms with E-state index in [0.717, 1.165) is 11.3 Å². The van der Waals surface area contributed by atoms with E-state index in [1.54, 1.807) is 12.1 Å². The summed E-state index contributed by atoms with van der Waals surface area (Å²) in [6, 6.07) is 13.5. The summed E-state index contributed by atoms with van der Waals surface area (Å²) in [7, 11) is -3.94. The van der Waals surface area contributed by atoms with Crippen molar-refractivity contribution in [1.29, 1.82) is 0 Å². The molecule has 180 valence electrons. The van der Waals surface area contributed by atoms with Gasteiger partial charge in [-0.1, -0.05) is 29.8 Å². The largest absolute Gasteiger partial charge is 0.369 e. The average molecular weight is 482 g/mol. The SMILES string of the molecule is CCn1cc(C(=O)Nc2ccc(C)cc2)c(S(=O)(=O)N2CCN(c3cccc(C)c3C)CC2)n1. The van der Waals surface area contributed by atoms with Crippen LogP contribution in [0.1, 0.15) is 34.0 Å². The van der Waals surface area contributed by atoms with Gasteiger partial charge in [-0.3, -0.25) is 9.48 Å². The van der Waals surface area contributed by atoms with Crippen LogP contribution in [0.25, 0.3) is 0 Å². The first-order chi connectivity index (χ1) is 16.2. The molecule has 0 bridgehead atoms. The number of nitrogens with one attached hydrogen (secondary N) is 1. The first-order valence-electron chi connectivity index (χ1n) is 11.5. The normalized spacial score (nSPS) is 14.9. The van der Waals surface area contributed by atoms with Crippen LogP contribution in [0.5, 0.6) is 0 Å². The highest BCUT2D eigenvalue weighted by atomic mass is 32.2. The van der Waals surface area contributed by atoms with Crippen molar-refractivity contribution in [1.82, 2.24) is 14.1 Å². The zero-order chi connectivity index (χ0) is 24.5. The highest BCUT2D eigenvalue weighted by Crippen LogP contribution is 2.26. The fourth-order valence-corrected chi connectivity index (χ4v) is 5.64. The molecule has 0 saturated carbocycles. The van der Waals surface area contributed by atoms with Gasteiger partial charge in [0.2, 0.25) is 5.03 Å². The van der Waals surface area contributed by atoms with E-state index in [9.17, 15) is 13.2 Å². The Labute approximate surface area is 201 Å². The molecular formula is C25H31N5O3S. The second-order valence-electron chi connectivity index (χ2n) is 8.63. The first-order valence-corrected chi connectivity index (χ1v) is 12.9. The van der Waals surface area contributed by atoms with Crippen molar-refractivity contribution in [3.8, 4) is 0 Å². The van der Waals surface area contributed by atoms with Gasteiger partial charge in [-0.05, 0) is 57.0 Å². The quantitative estimate of drug-likeness (QED) is 0.581. The zero-order valence-electron chi connectivity index (χ0n) is 20.1. The smallest absolute Gasteiger partial charge is 0.263 e. The standard InChI is InChI=1S/C25H31N5O3S/c1-5-29-17-22(24(31)26-21-11-9-18(2)10-12-21)25(27-29)34(32,33)30-15-13-28(14-16-30)23-8-6-7-19(3)20(23)4/h6-12,17H,5,13-16H2,1-4H3,(H,26,31). The molecule has 0 radical (unpaired) electrons. The maximum atomic E-state index is 13.6. The summed E-state index contributed by atoms with van der Waals surface area (Å²) in [6.07, 6.45) is 1.50. The summed E-state index contributed by atoms with van der Waals surface area (Å²) in [5.74, 6) is -0.490.